The van der Waals surface area contributed by atoms with E-state index in [9.17, 15) is 29.8 Å². The number of carbonyl (C=O) groups excluding carboxylic acids is 3. The van der Waals surface area contributed by atoms with Gasteiger partial charge in [-0.1, -0.05) is 257 Å². The van der Waals surface area contributed by atoms with Gasteiger partial charge in [-0.25, -0.2) is 0 Å². The highest BCUT2D eigenvalue weighted by molar-refractivity contribution is 6.07. The van der Waals surface area contributed by atoms with Crippen LogP contribution < -0.4 is 24.8 Å². The molecule has 100 heavy (non-hydrogen) atoms. The molecule has 1 aromatic heterocycles. The quantitative estimate of drug-likeness (QED) is 0.0191. The van der Waals surface area contributed by atoms with E-state index in [1.165, 1.54) is 204 Å². The maximum absolute atomic E-state index is 15.5. The Kier molecular flexibility index (Phi) is 36.7. The van der Waals surface area contributed by atoms with Crippen LogP contribution in [0.5, 0.6) is 17.2 Å². The molecule has 1 aliphatic heterocycles. The fourth-order valence-corrected chi connectivity index (χ4v) is 14.7. The van der Waals surface area contributed by atoms with Crippen LogP contribution in [0, 0.1) is 61.8 Å². The minimum atomic E-state index is -0.658. The van der Waals surface area contributed by atoms with Gasteiger partial charge in [-0.15, -0.1) is 0 Å². The Morgan fingerprint density at radius 3 is 1.10 bits per heavy atom. The fraction of sp³-hybridized carbons (Fsp3) is 0.631. The standard InChI is InChI=1S/C84H126N6O10/c1-10-13-16-19-22-25-28-31-34-37-40-43-50-98-75-59-69(60-76(99-51-44-41-38-35-32-29-26-23-20-17-14-11-2)80(75)100-52-45-42-39-36-33-30-27-24-21-18-15-12-3)83(93)88-48-46-84(47-49-88,70-53-65(6)78(66(7)54-70)86-81(91)74-61-73(62-85-74)90(96)97)71-55-67(8)79(68(9)56-71)87-82(92)77-63(4)57-72(89(94)95)58-64(77)5/h53-62,85H,10-52H2,1-9H3,(H,86,91)(H,87,92). The number of likely N-dealkylation sites (tertiary alicyclic amines) is 1. The third kappa shape index (κ3) is 26.3. The minimum Gasteiger partial charge on any atom is -0.490 e. The highest BCUT2D eigenvalue weighted by Gasteiger charge is 2.41. The molecule has 3 N–H and O–H groups in total. The van der Waals surface area contributed by atoms with Crippen LogP contribution in [-0.2, 0) is 5.41 Å². The third-order valence-electron chi connectivity index (χ3n) is 20.7. The Morgan fingerprint density at radius 1 is 0.430 bits per heavy atom. The maximum atomic E-state index is 15.5. The molecule has 0 bridgehead atoms. The molecule has 0 unspecified atom stereocenters. The summed E-state index contributed by atoms with van der Waals surface area (Å²) in [6.07, 6.45) is 47.0. The van der Waals surface area contributed by atoms with Crippen LogP contribution in [-0.4, -0.2) is 70.4 Å². The Bertz CT molecular complexity index is 3210. The summed E-state index contributed by atoms with van der Waals surface area (Å²) in [7, 11) is 0. The first kappa shape index (κ1) is 81.7. The number of unbranched alkanes of at least 4 members (excludes halogenated alkanes) is 33. The average Bonchev–Trinajstić information content (AvgIpc) is 0.789. The summed E-state index contributed by atoms with van der Waals surface area (Å²) in [4.78, 5) is 70.2. The number of hydrogen-bond donors (Lipinski definition) is 3. The summed E-state index contributed by atoms with van der Waals surface area (Å²) in [6, 6.07) is 16.3. The van der Waals surface area contributed by atoms with Gasteiger partial charge in [-0.05, 0) is 130 Å². The molecule has 1 saturated heterocycles. The molecular formula is C84H126N6O10. The van der Waals surface area contributed by atoms with E-state index in [1.54, 1.807) is 13.8 Å². The molecule has 6 rings (SSSR count). The smallest absolute Gasteiger partial charge is 0.287 e. The van der Waals surface area contributed by atoms with E-state index in [1.807, 2.05) is 44.7 Å². The van der Waals surface area contributed by atoms with E-state index >= 15 is 4.79 Å². The average molecular weight is 1380 g/mol. The van der Waals surface area contributed by atoms with E-state index in [2.05, 4.69) is 60.7 Å². The zero-order valence-corrected chi connectivity index (χ0v) is 63.1. The normalized spacial score (nSPS) is 12.8. The Hall–Kier alpha value is -7.23. The van der Waals surface area contributed by atoms with Gasteiger partial charge in [0.1, 0.15) is 5.69 Å². The van der Waals surface area contributed by atoms with E-state index in [0.29, 0.717) is 96.6 Å². The van der Waals surface area contributed by atoms with Crippen molar-refractivity contribution in [3.05, 3.63) is 142 Å². The van der Waals surface area contributed by atoms with Crippen LogP contribution in [0.2, 0.25) is 0 Å². The summed E-state index contributed by atoms with van der Waals surface area (Å²) >= 11 is 0. The van der Waals surface area contributed by atoms with Crippen molar-refractivity contribution < 1.29 is 38.4 Å². The number of nitro benzene ring substituents is 1. The second kappa shape index (κ2) is 44.9. The number of nitrogens with zero attached hydrogens (tertiary/aromatic N) is 3. The van der Waals surface area contributed by atoms with Gasteiger partial charge in [0.05, 0.1) is 35.9 Å². The fourth-order valence-electron chi connectivity index (χ4n) is 14.7. The Morgan fingerprint density at radius 2 is 0.760 bits per heavy atom. The molecule has 0 saturated carbocycles. The number of carbonyl (C=O) groups is 3. The number of rotatable bonds is 51. The van der Waals surface area contributed by atoms with E-state index in [4.69, 9.17) is 14.2 Å². The number of nitro groups is 2. The first-order valence-electron chi connectivity index (χ1n) is 39.2. The number of aromatic nitrogens is 1. The van der Waals surface area contributed by atoms with Gasteiger partial charge in [0.15, 0.2) is 11.5 Å². The molecule has 1 aliphatic rings. The first-order chi connectivity index (χ1) is 48.4. The van der Waals surface area contributed by atoms with E-state index in [-0.39, 0.29) is 28.9 Å². The number of benzene rings is 4. The molecule has 5 aromatic rings. The number of amides is 3. The topological polar surface area (TPSA) is 208 Å². The van der Waals surface area contributed by atoms with Crippen molar-refractivity contribution >= 4 is 40.5 Å². The molecular weight excluding hydrogens is 1250 g/mol. The largest absolute Gasteiger partial charge is 0.490 e. The summed E-state index contributed by atoms with van der Waals surface area (Å²) in [5.74, 6) is 0.689. The van der Waals surface area contributed by atoms with Crippen LogP contribution >= 0.6 is 0 Å². The van der Waals surface area contributed by atoms with Crippen molar-refractivity contribution in [1.29, 1.82) is 0 Å². The van der Waals surface area contributed by atoms with Gasteiger partial charge in [-0.3, -0.25) is 34.6 Å². The lowest BCUT2D eigenvalue weighted by Gasteiger charge is -2.44. The Labute approximate surface area is 600 Å². The van der Waals surface area contributed by atoms with Crippen LogP contribution in [0.4, 0.5) is 22.7 Å². The maximum Gasteiger partial charge on any atom is 0.287 e. The lowest BCUT2D eigenvalue weighted by Crippen LogP contribution is -2.46. The van der Waals surface area contributed by atoms with Crippen molar-refractivity contribution in [2.45, 2.75) is 312 Å². The van der Waals surface area contributed by atoms with Crippen LogP contribution in [0.1, 0.15) is 340 Å². The van der Waals surface area contributed by atoms with Crippen LogP contribution in [0.25, 0.3) is 0 Å². The minimum absolute atomic E-state index is 0.0636. The van der Waals surface area contributed by atoms with Crippen molar-refractivity contribution in [3.8, 4) is 17.2 Å². The molecule has 16 nitrogen and oxygen atoms in total. The lowest BCUT2D eigenvalue weighted by molar-refractivity contribution is -0.385. The molecule has 0 atom stereocenters. The van der Waals surface area contributed by atoms with Gasteiger partial charge in [-0.2, -0.15) is 0 Å². The summed E-state index contributed by atoms with van der Waals surface area (Å²) < 4.78 is 20.4. The van der Waals surface area contributed by atoms with Gasteiger partial charge in [0, 0.05) is 59.2 Å². The zero-order valence-electron chi connectivity index (χ0n) is 63.1. The van der Waals surface area contributed by atoms with Crippen molar-refractivity contribution in [2.75, 3.05) is 43.5 Å². The predicted molar refractivity (Wildman–Crippen MR) is 410 cm³/mol. The molecule has 4 aromatic carbocycles. The molecule has 2 heterocycles. The van der Waals surface area contributed by atoms with Crippen molar-refractivity contribution in [3.63, 3.8) is 0 Å². The molecule has 1 fully saturated rings. The van der Waals surface area contributed by atoms with E-state index in [0.717, 1.165) is 84.7 Å². The zero-order chi connectivity index (χ0) is 72.1. The number of aryl methyl sites for hydroxylation is 6. The van der Waals surface area contributed by atoms with Gasteiger partial charge in [0.25, 0.3) is 29.1 Å². The van der Waals surface area contributed by atoms with Crippen molar-refractivity contribution in [1.82, 2.24) is 9.88 Å². The number of H-pyrrole nitrogens is 1. The molecule has 552 valence electrons. The second-order valence-corrected chi connectivity index (χ2v) is 29.0. The van der Waals surface area contributed by atoms with Crippen LogP contribution in [0.15, 0.2) is 60.8 Å². The molecule has 0 radical (unpaired) electrons. The summed E-state index contributed by atoms with van der Waals surface area (Å²) in [6.45, 7) is 20.4. The lowest BCUT2D eigenvalue weighted by atomic mass is 9.66. The van der Waals surface area contributed by atoms with E-state index < -0.39 is 21.2 Å². The van der Waals surface area contributed by atoms with Gasteiger partial charge in [0.2, 0.25) is 5.75 Å². The highest BCUT2D eigenvalue weighted by atomic mass is 16.6. The number of ether oxygens (including phenoxy) is 3. The number of aromatic amines is 1. The van der Waals surface area contributed by atoms with Crippen molar-refractivity contribution in [2.24, 2.45) is 0 Å². The molecule has 0 aliphatic carbocycles. The summed E-state index contributed by atoms with van der Waals surface area (Å²) in [5.41, 5.74) is 7.45. The van der Waals surface area contributed by atoms with Gasteiger partial charge < -0.3 is 34.7 Å². The number of non-ortho nitro benzene ring substituents is 1. The predicted octanol–water partition coefficient (Wildman–Crippen LogP) is 23.6. The van der Waals surface area contributed by atoms with Crippen LogP contribution in [0.3, 0.4) is 0 Å². The molecule has 16 heteroatoms. The first-order valence-corrected chi connectivity index (χ1v) is 39.2. The number of hydrogen-bond acceptors (Lipinski definition) is 10. The third-order valence-corrected chi connectivity index (χ3v) is 20.7. The second-order valence-electron chi connectivity index (χ2n) is 29.0. The molecule has 0 spiro atoms. The number of piperidine rings is 1. The molecule has 3 amide bonds. The van der Waals surface area contributed by atoms with Gasteiger partial charge >= 0.3 is 0 Å². The Balaban J connectivity index is 1.28. The summed E-state index contributed by atoms with van der Waals surface area (Å²) in [5, 5.41) is 29.4. The monoisotopic (exact) mass is 1380 g/mol. The highest BCUT2D eigenvalue weighted by Crippen LogP contribution is 2.47. The SMILES string of the molecule is CCCCCCCCCCCCCCOc1cc(C(=O)N2CCC(c3cc(C)c(NC(=O)c4cc([N+](=O)[O-])c[nH]4)c(C)c3)(c3cc(C)c(NC(=O)c4c(C)cc([N+](=O)[O-])cc4C)c(C)c3)CC2)cc(OCCCCCCCCCCCCCC)c1OCCCCCCCCCCCCCC. The number of anilines is 2. The number of nitrogens with one attached hydrogen (secondary N) is 3.